The lowest BCUT2D eigenvalue weighted by Crippen LogP contribution is -2.45. The van der Waals surface area contributed by atoms with E-state index in [0.29, 0.717) is 11.3 Å². The number of hydrogen-bond donors (Lipinski definition) is 1. The fourth-order valence-electron chi connectivity index (χ4n) is 2.90. The van der Waals surface area contributed by atoms with Gasteiger partial charge in [-0.25, -0.2) is 0 Å². The number of nitrogens with two attached hydrogens (primary N) is 1. The second-order valence-corrected chi connectivity index (χ2v) is 7.72. The fraction of sp³-hybridized carbons (Fsp3) is 1.00. The maximum absolute atomic E-state index is 6.50. The third-order valence-corrected chi connectivity index (χ3v) is 4.40. The summed E-state index contributed by atoms with van der Waals surface area (Å²) in [4.78, 5) is 0. The molecule has 0 bridgehead atoms. The molecule has 108 valence electrons. The summed E-state index contributed by atoms with van der Waals surface area (Å²) >= 11 is 0. The van der Waals surface area contributed by atoms with E-state index in [1.54, 1.807) is 0 Å². The maximum atomic E-state index is 6.50. The first kappa shape index (κ1) is 16.0. The van der Waals surface area contributed by atoms with E-state index in [9.17, 15) is 0 Å². The van der Waals surface area contributed by atoms with E-state index in [1.165, 1.54) is 25.7 Å². The van der Waals surface area contributed by atoms with Crippen molar-refractivity contribution in [2.45, 2.75) is 72.3 Å². The molecule has 2 N–H and O–H groups in total. The summed E-state index contributed by atoms with van der Waals surface area (Å²) in [6.07, 6.45) is 5.92. The van der Waals surface area contributed by atoms with E-state index in [2.05, 4.69) is 34.6 Å². The zero-order valence-corrected chi connectivity index (χ0v) is 13.1. The maximum Gasteiger partial charge on any atom is 0.0489 e. The molecule has 2 nitrogen and oxygen atoms in total. The van der Waals surface area contributed by atoms with Gasteiger partial charge in [0.15, 0.2) is 0 Å². The average molecular weight is 255 g/mol. The Morgan fingerprint density at radius 3 is 2.22 bits per heavy atom. The topological polar surface area (TPSA) is 35.2 Å². The van der Waals surface area contributed by atoms with Crippen molar-refractivity contribution < 1.29 is 4.74 Å². The average Bonchev–Trinajstić information content (AvgIpc) is 2.23. The van der Waals surface area contributed by atoms with Gasteiger partial charge in [0, 0.05) is 18.8 Å². The van der Waals surface area contributed by atoms with E-state index >= 15 is 0 Å². The third-order valence-electron chi connectivity index (χ3n) is 4.40. The predicted octanol–water partition coefficient (Wildman–Crippen LogP) is 3.98. The van der Waals surface area contributed by atoms with E-state index in [4.69, 9.17) is 10.5 Å². The minimum absolute atomic E-state index is 0.0404. The van der Waals surface area contributed by atoms with E-state index < -0.39 is 0 Å². The summed E-state index contributed by atoms with van der Waals surface area (Å²) in [7, 11) is 0. The molecule has 1 rings (SSSR count). The second-order valence-electron chi connectivity index (χ2n) is 7.72. The van der Waals surface area contributed by atoms with Crippen LogP contribution in [0.3, 0.4) is 0 Å². The van der Waals surface area contributed by atoms with Gasteiger partial charge in [0.1, 0.15) is 0 Å². The van der Waals surface area contributed by atoms with Gasteiger partial charge in [0.25, 0.3) is 0 Å². The lowest BCUT2D eigenvalue weighted by molar-refractivity contribution is 0.0711. The number of rotatable bonds is 5. The van der Waals surface area contributed by atoms with Crippen LogP contribution in [0.15, 0.2) is 0 Å². The lowest BCUT2D eigenvalue weighted by Gasteiger charge is -2.42. The Morgan fingerprint density at radius 1 is 1.22 bits per heavy atom. The van der Waals surface area contributed by atoms with Crippen LogP contribution in [0.2, 0.25) is 0 Å². The van der Waals surface area contributed by atoms with Crippen molar-refractivity contribution in [1.82, 2.24) is 0 Å². The van der Waals surface area contributed by atoms with E-state index in [-0.39, 0.29) is 5.54 Å². The highest BCUT2D eigenvalue weighted by Gasteiger charge is 2.35. The van der Waals surface area contributed by atoms with Crippen LogP contribution in [0.1, 0.15) is 66.7 Å². The first-order chi connectivity index (χ1) is 8.23. The highest BCUT2D eigenvalue weighted by molar-refractivity contribution is 4.92. The zero-order chi connectivity index (χ0) is 13.8. The van der Waals surface area contributed by atoms with Gasteiger partial charge in [0.05, 0.1) is 0 Å². The van der Waals surface area contributed by atoms with Gasteiger partial charge in [-0.3, -0.25) is 0 Å². The van der Waals surface area contributed by atoms with Crippen LogP contribution in [-0.4, -0.2) is 18.8 Å². The van der Waals surface area contributed by atoms with Crippen LogP contribution in [0.5, 0.6) is 0 Å². The minimum Gasteiger partial charge on any atom is -0.381 e. The monoisotopic (exact) mass is 255 g/mol. The van der Waals surface area contributed by atoms with Gasteiger partial charge in [0.2, 0.25) is 0 Å². The van der Waals surface area contributed by atoms with Crippen LogP contribution in [0.25, 0.3) is 0 Å². The highest BCUT2D eigenvalue weighted by Crippen LogP contribution is 2.41. The Balaban J connectivity index is 2.27. The van der Waals surface area contributed by atoms with Crippen molar-refractivity contribution in [3.05, 3.63) is 0 Å². The largest absolute Gasteiger partial charge is 0.381 e. The Bertz CT molecular complexity index is 234. The molecule has 0 aromatic heterocycles. The fourth-order valence-corrected chi connectivity index (χ4v) is 2.90. The Labute approximate surface area is 114 Å². The van der Waals surface area contributed by atoms with Crippen molar-refractivity contribution >= 4 is 0 Å². The Morgan fingerprint density at radius 2 is 1.78 bits per heavy atom. The molecule has 0 unspecified atom stereocenters. The van der Waals surface area contributed by atoms with Crippen molar-refractivity contribution in [1.29, 1.82) is 0 Å². The van der Waals surface area contributed by atoms with Gasteiger partial charge < -0.3 is 10.5 Å². The van der Waals surface area contributed by atoms with Crippen LogP contribution < -0.4 is 5.73 Å². The van der Waals surface area contributed by atoms with Crippen molar-refractivity contribution in [2.75, 3.05) is 13.2 Å². The van der Waals surface area contributed by atoms with Gasteiger partial charge in [-0.05, 0) is 49.4 Å². The quantitative estimate of drug-likeness (QED) is 0.754. The molecule has 1 saturated carbocycles. The number of ether oxygens (including phenoxy) is 1. The Hall–Kier alpha value is -0.0800. The summed E-state index contributed by atoms with van der Waals surface area (Å²) in [6.45, 7) is 13.1. The lowest BCUT2D eigenvalue weighted by atomic mass is 9.67. The van der Waals surface area contributed by atoms with Gasteiger partial charge in [-0.15, -0.1) is 0 Å². The highest BCUT2D eigenvalue weighted by atomic mass is 16.5. The third kappa shape index (κ3) is 5.27. The molecule has 0 atom stereocenters. The molecule has 0 heterocycles. The van der Waals surface area contributed by atoms with Crippen LogP contribution >= 0.6 is 0 Å². The van der Waals surface area contributed by atoms with Crippen LogP contribution in [0, 0.1) is 17.3 Å². The molecule has 18 heavy (non-hydrogen) atoms. The molecule has 1 fully saturated rings. The summed E-state index contributed by atoms with van der Waals surface area (Å²) in [6, 6.07) is 0. The molecule has 0 aromatic rings. The van der Waals surface area contributed by atoms with Crippen molar-refractivity contribution in [2.24, 2.45) is 23.0 Å². The molecule has 0 aliphatic heterocycles. The number of hydrogen-bond acceptors (Lipinski definition) is 2. The van der Waals surface area contributed by atoms with Crippen LogP contribution in [-0.2, 0) is 4.74 Å². The molecule has 0 amide bonds. The standard InChI is InChI=1S/C16H33NO/c1-13(2)12-18-11-10-16(17)8-6-14(7-9-16)15(3,4)5/h13-14H,6-12,17H2,1-5H3. The van der Waals surface area contributed by atoms with Crippen molar-refractivity contribution in [3.8, 4) is 0 Å². The first-order valence-electron chi connectivity index (χ1n) is 7.59. The second kappa shape index (κ2) is 6.38. The molecule has 0 spiro atoms. The van der Waals surface area contributed by atoms with E-state index in [0.717, 1.165) is 25.6 Å². The summed E-state index contributed by atoms with van der Waals surface area (Å²) < 4.78 is 5.68. The molecule has 0 saturated heterocycles. The van der Waals surface area contributed by atoms with Crippen molar-refractivity contribution in [3.63, 3.8) is 0 Å². The van der Waals surface area contributed by atoms with Gasteiger partial charge >= 0.3 is 0 Å². The SMILES string of the molecule is CC(C)COCCC1(N)CCC(C(C)(C)C)CC1. The summed E-state index contributed by atoms with van der Waals surface area (Å²) in [5, 5.41) is 0. The molecular weight excluding hydrogens is 222 g/mol. The van der Waals surface area contributed by atoms with Gasteiger partial charge in [-0.1, -0.05) is 34.6 Å². The van der Waals surface area contributed by atoms with Crippen LogP contribution in [0.4, 0.5) is 0 Å². The normalized spacial score (nSPS) is 29.8. The summed E-state index contributed by atoms with van der Waals surface area (Å²) in [5.74, 6) is 1.46. The zero-order valence-electron chi connectivity index (χ0n) is 13.1. The van der Waals surface area contributed by atoms with E-state index in [1.807, 2.05) is 0 Å². The predicted molar refractivity (Wildman–Crippen MR) is 78.6 cm³/mol. The van der Waals surface area contributed by atoms with Gasteiger partial charge in [-0.2, -0.15) is 0 Å². The molecule has 0 radical (unpaired) electrons. The molecular formula is C16H33NO. The molecule has 1 aliphatic carbocycles. The first-order valence-corrected chi connectivity index (χ1v) is 7.59. The Kier molecular flexibility index (Phi) is 5.67. The molecule has 1 aliphatic rings. The molecule has 2 heteroatoms. The smallest absolute Gasteiger partial charge is 0.0489 e. The minimum atomic E-state index is 0.0404. The summed E-state index contributed by atoms with van der Waals surface area (Å²) in [5.41, 5.74) is 6.98. The molecule has 0 aromatic carbocycles.